The van der Waals surface area contributed by atoms with Gasteiger partial charge in [-0.2, -0.15) is 0 Å². The van der Waals surface area contributed by atoms with E-state index in [0.717, 1.165) is 5.69 Å². The van der Waals surface area contributed by atoms with Crippen molar-refractivity contribution in [3.63, 3.8) is 0 Å². The maximum atomic E-state index is 11.3. The smallest absolute Gasteiger partial charge is 0.159 e. The molecule has 1 fully saturated rings. The number of anilines is 1. The fourth-order valence-electron chi connectivity index (χ4n) is 1.97. The standard InChI is InChI=1S/C12H15NO3S/c1-9(14)10-3-2-4-11(7-10)13-12-5-6-17(15,16)8-12/h2-4,7,12-13H,5-6,8H2,1H3. The van der Waals surface area contributed by atoms with Crippen molar-refractivity contribution in [2.45, 2.75) is 19.4 Å². The molecular weight excluding hydrogens is 238 g/mol. The van der Waals surface area contributed by atoms with Crippen LogP contribution in [0.1, 0.15) is 23.7 Å². The molecule has 1 aromatic rings. The van der Waals surface area contributed by atoms with Crippen molar-refractivity contribution in [3.8, 4) is 0 Å². The topological polar surface area (TPSA) is 63.2 Å². The van der Waals surface area contributed by atoms with Gasteiger partial charge in [0.2, 0.25) is 0 Å². The van der Waals surface area contributed by atoms with Crippen molar-refractivity contribution in [2.24, 2.45) is 0 Å². The lowest BCUT2D eigenvalue weighted by atomic mass is 10.1. The van der Waals surface area contributed by atoms with Crippen molar-refractivity contribution in [1.82, 2.24) is 0 Å². The van der Waals surface area contributed by atoms with E-state index in [-0.39, 0.29) is 23.3 Å². The molecule has 1 N–H and O–H groups in total. The first kappa shape index (κ1) is 12.1. The van der Waals surface area contributed by atoms with Gasteiger partial charge in [-0.25, -0.2) is 8.42 Å². The molecule has 0 aliphatic carbocycles. The molecule has 0 aromatic heterocycles. The average Bonchev–Trinajstić information content (AvgIpc) is 2.58. The summed E-state index contributed by atoms with van der Waals surface area (Å²) in [6, 6.07) is 7.11. The van der Waals surface area contributed by atoms with Crippen LogP contribution >= 0.6 is 0 Å². The number of hydrogen-bond acceptors (Lipinski definition) is 4. The number of hydrogen-bond donors (Lipinski definition) is 1. The van der Waals surface area contributed by atoms with Gasteiger partial charge in [-0.05, 0) is 25.5 Å². The third-order valence-corrected chi connectivity index (χ3v) is 4.64. The number of Topliss-reactive ketones (excluding diaryl/α,β-unsaturated/α-hetero) is 1. The second-order valence-electron chi connectivity index (χ2n) is 4.38. The van der Waals surface area contributed by atoms with Gasteiger partial charge in [0.15, 0.2) is 15.6 Å². The zero-order chi connectivity index (χ0) is 12.5. The summed E-state index contributed by atoms with van der Waals surface area (Å²) >= 11 is 0. The van der Waals surface area contributed by atoms with E-state index in [4.69, 9.17) is 0 Å². The van der Waals surface area contributed by atoms with Gasteiger partial charge >= 0.3 is 0 Å². The highest BCUT2D eigenvalue weighted by molar-refractivity contribution is 7.91. The summed E-state index contributed by atoms with van der Waals surface area (Å²) in [6.45, 7) is 1.51. The van der Waals surface area contributed by atoms with Gasteiger partial charge in [-0.15, -0.1) is 0 Å². The lowest BCUT2D eigenvalue weighted by Crippen LogP contribution is -2.20. The Balaban J connectivity index is 2.09. The lowest BCUT2D eigenvalue weighted by Gasteiger charge is -2.12. The maximum absolute atomic E-state index is 11.3. The molecule has 1 aliphatic rings. The maximum Gasteiger partial charge on any atom is 0.159 e. The second kappa shape index (κ2) is 4.49. The Bertz CT molecular complexity index is 536. The molecule has 1 saturated heterocycles. The van der Waals surface area contributed by atoms with Crippen molar-refractivity contribution in [1.29, 1.82) is 0 Å². The first-order valence-corrected chi connectivity index (χ1v) is 7.36. The largest absolute Gasteiger partial charge is 0.381 e. The summed E-state index contributed by atoms with van der Waals surface area (Å²) in [7, 11) is -2.87. The number of carbonyl (C=O) groups excluding carboxylic acids is 1. The highest BCUT2D eigenvalue weighted by atomic mass is 32.2. The number of carbonyl (C=O) groups is 1. The predicted octanol–water partition coefficient (Wildman–Crippen LogP) is 1.49. The number of rotatable bonds is 3. The number of ketones is 1. The first-order chi connectivity index (χ1) is 7.96. The zero-order valence-corrected chi connectivity index (χ0v) is 10.5. The van der Waals surface area contributed by atoms with Crippen LogP contribution in [-0.4, -0.2) is 31.7 Å². The van der Waals surface area contributed by atoms with Gasteiger partial charge in [-0.1, -0.05) is 12.1 Å². The zero-order valence-electron chi connectivity index (χ0n) is 9.64. The first-order valence-electron chi connectivity index (χ1n) is 5.54. The highest BCUT2D eigenvalue weighted by Crippen LogP contribution is 2.18. The van der Waals surface area contributed by atoms with Crippen LogP contribution in [0.4, 0.5) is 5.69 Å². The predicted molar refractivity (Wildman–Crippen MR) is 67.1 cm³/mol. The SMILES string of the molecule is CC(=O)c1cccc(NC2CCS(=O)(=O)C2)c1. The van der Waals surface area contributed by atoms with Gasteiger partial charge in [0.05, 0.1) is 11.5 Å². The molecule has 0 bridgehead atoms. The third-order valence-electron chi connectivity index (χ3n) is 2.87. The molecule has 0 saturated carbocycles. The van der Waals surface area contributed by atoms with E-state index in [1.54, 1.807) is 18.2 Å². The van der Waals surface area contributed by atoms with Gasteiger partial charge in [-0.3, -0.25) is 4.79 Å². The Hall–Kier alpha value is -1.36. The summed E-state index contributed by atoms with van der Waals surface area (Å²) in [5.74, 6) is 0.432. The molecule has 1 atom stereocenters. The summed E-state index contributed by atoms with van der Waals surface area (Å²) in [5.41, 5.74) is 1.44. The molecule has 1 aliphatic heterocycles. The monoisotopic (exact) mass is 253 g/mol. The van der Waals surface area contributed by atoms with Gasteiger partial charge in [0.1, 0.15) is 0 Å². The van der Waals surface area contributed by atoms with Crippen LogP contribution in [0.15, 0.2) is 24.3 Å². The average molecular weight is 253 g/mol. The van der Waals surface area contributed by atoms with Crippen molar-refractivity contribution in [3.05, 3.63) is 29.8 Å². The molecule has 1 heterocycles. The molecule has 1 aromatic carbocycles. The second-order valence-corrected chi connectivity index (χ2v) is 6.61. The Labute approximate surface area is 101 Å². The molecule has 0 radical (unpaired) electrons. The minimum atomic E-state index is -2.87. The molecule has 5 heteroatoms. The van der Waals surface area contributed by atoms with E-state index in [9.17, 15) is 13.2 Å². The van der Waals surface area contributed by atoms with Gasteiger partial charge in [0.25, 0.3) is 0 Å². The van der Waals surface area contributed by atoms with Crippen molar-refractivity contribution >= 4 is 21.3 Å². The van der Waals surface area contributed by atoms with E-state index < -0.39 is 9.84 Å². The van der Waals surface area contributed by atoms with Crippen LogP contribution in [0.5, 0.6) is 0 Å². The molecule has 92 valence electrons. The summed E-state index contributed by atoms with van der Waals surface area (Å²) in [6.07, 6.45) is 0.632. The Morgan fingerprint density at radius 3 is 2.76 bits per heavy atom. The quantitative estimate of drug-likeness (QED) is 0.829. The molecule has 1 unspecified atom stereocenters. The third kappa shape index (κ3) is 3.06. The van der Waals surface area contributed by atoms with Crippen molar-refractivity contribution < 1.29 is 13.2 Å². The number of sulfone groups is 1. The van der Waals surface area contributed by atoms with E-state index in [2.05, 4.69) is 5.32 Å². The minimum Gasteiger partial charge on any atom is -0.381 e. The molecule has 2 rings (SSSR count). The molecule has 17 heavy (non-hydrogen) atoms. The number of benzene rings is 1. The highest BCUT2D eigenvalue weighted by Gasteiger charge is 2.27. The van der Waals surface area contributed by atoms with Crippen LogP contribution in [-0.2, 0) is 9.84 Å². The van der Waals surface area contributed by atoms with Crippen molar-refractivity contribution in [2.75, 3.05) is 16.8 Å². The fourth-order valence-corrected chi connectivity index (χ4v) is 3.65. The molecular formula is C12H15NO3S. The summed E-state index contributed by atoms with van der Waals surface area (Å²) < 4.78 is 22.6. The number of nitrogens with one attached hydrogen (secondary N) is 1. The van der Waals surface area contributed by atoms with Crippen LogP contribution in [0.2, 0.25) is 0 Å². The molecule has 0 spiro atoms. The van der Waals surface area contributed by atoms with E-state index >= 15 is 0 Å². The van der Waals surface area contributed by atoms with E-state index in [0.29, 0.717) is 12.0 Å². The van der Waals surface area contributed by atoms with Crippen LogP contribution < -0.4 is 5.32 Å². The molecule has 0 amide bonds. The Kier molecular flexibility index (Phi) is 3.19. The van der Waals surface area contributed by atoms with E-state index in [1.165, 1.54) is 6.92 Å². The van der Waals surface area contributed by atoms with Gasteiger partial charge < -0.3 is 5.32 Å². The minimum absolute atomic E-state index is 0.00712. The van der Waals surface area contributed by atoms with E-state index in [1.807, 2.05) is 6.07 Å². The Morgan fingerprint density at radius 2 is 2.18 bits per heavy atom. The van der Waals surface area contributed by atoms with Crippen LogP contribution in [0.25, 0.3) is 0 Å². The molecule has 4 nitrogen and oxygen atoms in total. The van der Waals surface area contributed by atoms with Gasteiger partial charge in [0, 0.05) is 17.3 Å². The summed E-state index contributed by atoms with van der Waals surface area (Å²) in [4.78, 5) is 11.2. The lowest BCUT2D eigenvalue weighted by molar-refractivity contribution is 0.101. The fraction of sp³-hybridized carbons (Fsp3) is 0.417. The van der Waals surface area contributed by atoms with Crippen LogP contribution in [0, 0.1) is 0 Å². The normalized spacial score (nSPS) is 22.3. The summed E-state index contributed by atoms with van der Waals surface area (Å²) in [5, 5.41) is 3.16. The van der Waals surface area contributed by atoms with Crippen LogP contribution in [0.3, 0.4) is 0 Å². The Morgan fingerprint density at radius 1 is 1.41 bits per heavy atom.